The Kier molecular flexibility index (Phi) is 8.64. The van der Waals surface area contributed by atoms with Gasteiger partial charge in [-0.2, -0.15) is 0 Å². The van der Waals surface area contributed by atoms with Crippen LogP contribution in [0.2, 0.25) is 0 Å². The van der Waals surface area contributed by atoms with Crippen molar-refractivity contribution in [1.82, 2.24) is 10.6 Å². The van der Waals surface area contributed by atoms with E-state index >= 15 is 0 Å². The Labute approximate surface area is 87.6 Å². The molecule has 0 bridgehead atoms. The fourth-order valence-corrected chi connectivity index (χ4v) is 1.48. The number of carbonyl (C=O) groups is 1. The van der Waals surface area contributed by atoms with Gasteiger partial charge in [-0.15, -0.1) is 0 Å². The molecular formula is C11H24N2O. The maximum absolute atomic E-state index is 10.9. The van der Waals surface area contributed by atoms with Crippen molar-refractivity contribution in [3.05, 3.63) is 0 Å². The molecule has 14 heavy (non-hydrogen) atoms. The molecule has 1 unspecified atom stereocenters. The minimum Gasteiger partial charge on any atom is -0.359 e. The molecule has 3 nitrogen and oxygen atoms in total. The Morgan fingerprint density at radius 3 is 2.57 bits per heavy atom. The smallest absolute Gasteiger partial charge is 0.219 e. The van der Waals surface area contributed by atoms with Gasteiger partial charge in [0, 0.05) is 19.5 Å². The molecule has 0 fully saturated rings. The van der Waals surface area contributed by atoms with Crippen molar-refractivity contribution in [2.75, 3.05) is 13.6 Å². The van der Waals surface area contributed by atoms with Crippen LogP contribution >= 0.6 is 0 Å². The van der Waals surface area contributed by atoms with Gasteiger partial charge in [0.2, 0.25) is 5.91 Å². The van der Waals surface area contributed by atoms with E-state index in [4.69, 9.17) is 0 Å². The fraction of sp³-hybridized carbons (Fsp3) is 0.909. The summed E-state index contributed by atoms with van der Waals surface area (Å²) >= 11 is 0. The van der Waals surface area contributed by atoms with E-state index in [9.17, 15) is 4.79 Å². The van der Waals surface area contributed by atoms with Crippen molar-refractivity contribution < 1.29 is 4.79 Å². The quantitative estimate of drug-likeness (QED) is 0.585. The molecule has 0 aliphatic heterocycles. The zero-order chi connectivity index (χ0) is 10.8. The molecule has 0 saturated heterocycles. The molecular weight excluding hydrogens is 176 g/mol. The molecule has 1 atom stereocenters. The van der Waals surface area contributed by atoms with Crippen LogP contribution in [-0.2, 0) is 4.79 Å². The van der Waals surface area contributed by atoms with E-state index in [1.165, 1.54) is 19.3 Å². The highest BCUT2D eigenvalue weighted by molar-refractivity contribution is 5.75. The average molecular weight is 200 g/mol. The molecule has 84 valence electrons. The van der Waals surface area contributed by atoms with Gasteiger partial charge in [-0.05, 0) is 25.8 Å². The lowest BCUT2D eigenvalue weighted by Crippen LogP contribution is -2.30. The number of hydrogen-bond acceptors (Lipinski definition) is 2. The summed E-state index contributed by atoms with van der Waals surface area (Å²) in [5, 5.41) is 6.10. The maximum Gasteiger partial charge on any atom is 0.219 e. The van der Waals surface area contributed by atoms with Crippen molar-refractivity contribution >= 4 is 5.91 Å². The second kappa shape index (κ2) is 9.00. The fourth-order valence-electron chi connectivity index (χ4n) is 1.48. The first-order valence-electron chi connectivity index (χ1n) is 5.68. The van der Waals surface area contributed by atoms with Crippen LogP contribution in [0.25, 0.3) is 0 Å². The molecule has 0 spiro atoms. The van der Waals surface area contributed by atoms with Gasteiger partial charge in [0.05, 0.1) is 0 Å². The third kappa shape index (κ3) is 6.89. The maximum atomic E-state index is 10.9. The number of hydrogen-bond donors (Lipinski definition) is 2. The normalized spacial score (nSPS) is 12.5. The number of rotatable bonds is 8. The summed E-state index contributed by atoms with van der Waals surface area (Å²) in [6.07, 6.45) is 5.19. The van der Waals surface area contributed by atoms with E-state index in [1.807, 2.05) is 0 Å². The summed E-state index contributed by atoms with van der Waals surface area (Å²) in [6.45, 7) is 5.35. The molecule has 0 radical (unpaired) electrons. The number of nitrogens with one attached hydrogen (secondary N) is 2. The third-order valence-corrected chi connectivity index (χ3v) is 2.42. The third-order valence-electron chi connectivity index (χ3n) is 2.42. The molecule has 1 amide bonds. The van der Waals surface area contributed by atoms with Crippen LogP contribution in [0.4, 0.5) is 0 Å². The van der Waals surface area contributed by atoms with E-state index in [-0.39, 0.29) is 5.91 Å². The lowest BCUT2D eigenvalue weighted by molar-refractivity contribution is -0.120. The first-order valence-corrected chi connectivity index (χ1v) is 5.68. The Balaban J connectivity index is 3.37. The van der Waals surface area contributed by atoms with Crippen molar-refractivity contribution in [2.45, 2.75) is 52.0 Å². The molecule has 0 aliphatic rings. The van der Waals surface area contributed by atoms with Crippen molar-refractivity contribution in [3.63, 3.8) is 0 Å². The van der Waals surface area contributed by atoms with Crippen LogP contribution in [0.5, 0.6) is 0 Å². The second-order valence-corrected chi connectivity index (χ2v) is 3.62. The molecule has 0 rings (SSSR count). The Morgan fingerprint density at radius 1 is 1.36 bits per heavy atom. The average Bonchev–Trinajstić information content (AvgIpc) is 2.22. The van der Waals surface area contributed by atoms with E-state index in [2.05, 4.69) is 24.5 Å². The summed E-state index contributed by atoms with van der Waals surface area (Å²) in [4.78, 5) is 10.9. The summed E-state index contributed by atoms with van der Waals surface area (Å²) in [6, 6.07) is 0.629. The predicted octanol–water partition coefficient (Wildman–Crippen LogP) is 1.68. The van der Waals surface area contributed by atoms with Crippen LogP contribution in [0, 0.1) is 0 Å². The van der Waals surface area contributed by atoms with Crippen LogP contribution < -0.4 is 10.6 Å². The van der Waals surface area contributed by atoms with Gasteiger partial charge in [-0.3, -0.25) is 4.79 Å². The molecule has 0 saturated carbocycles. The monoisotopic (exact) mass is 200 g/mol. The predicted molar refractivity (Wildman–Crippen MR) is 60.3 cm³/mol. The second-order valence-electron chi connectivity index (χ2n) is 3.62. The Morgan fingerprint density at radius 2 is 2.07 bits per heavy atom. The van der Waals surface area contributed by atoms with Gasteiger partial charge in [0.1, 0.15) is 0 Å². The molecule has 0 aromatic heterocycles. The largest absolute Gasteiger partial charge is 0.359 e. The van der Waals surface area contributed by atoms with Crippen molar-refractivity contribution in [3.8, 4) is 0 Å². The molecule has 3 heteroatoms. The van der Waals surface area contributed by atoms with Crippen LogP contribution in [0.1, 0.15) is 46.0 Å². The van der Waals surface area contributed by atoms with Crippen LogP contribution in [0.15, 0.2) is 0 Å². The van der Waals surface area contributed by atoms with E-state index in [1.54, 1.807) is 7.05 Å². The van der Waals surface area contributed by atoms with Gasteiger partial charge < -0.3 is 10.6 Å². The SMILES string of the molecule is CCCC(CC)NCCCC(=O)NC. The van der Waals surface area contributed by atoms with Gasteiger partial charge in [0.25, 0.3) is 0 Å². The van der Waals surface area contributed by atoms with Crippen molar-refractivity contribution in [2.24, 2.45) is 0 Å². The summed E-state index contributed by atoms with van der Waals surface area (Å²) in [7, 11) is 1.68. The van der Waals surface area contributed by atoms with Crippen LogP contribution in [-0.4, -0.2) is 25.5 Å². The Hall–Kier alpha value is -0.570. The summed E-state index contributed by atoms with van der Waals surface area (Å²) in [5.41, 5.74) is 0. The summed E-state index contributed by atoms with van der Waals surface area (Å²) in [5.74, 6) is 0.135. The zero-order valence-corrected chi connectivity index (χ0v) is 9.73. The topological polar surface area (TPSA) is 41.1 Å². The lowest BCUT2D eigenvalue weighted by atomic mass is 10.1. The standard InChI is InChI=1S/C11H24N2O/c1-4-7-10(5-2)13-9-6-8-11(14)12-3/h10,13H,4-9H2,1-3H3,(H,12,14). The van der Waals surface area contributed by atoms with Crippen molar-refractivity contribution in [1.29, 1.82) is 0 Å². The Bertz CT molecular complexity index is 148. The molecule has 0 heterocycles. The highest BCUT2D eigenvalue weighted by Crippen LogP contribution is 2.00. The van der Waals surface area contributed by atoms with Gasteiger partial charge in [-0.1, -0.05) is 20.3 Å². The van der Waals surface area contributed by atoms with E-state index < -0.39 is 0 Å². The van der Waals surface area contributed by atoms with E-state index in [0.29, 0.717) is 12.5 Å². The minimum absolute atomic E-state index is 0.135. The molecule has 0 aromatic rings. The highest BCUT2D eigenvalue weighted by atomic mass is 16.1. The zero-order valence-electron chi connectivity index (χ0n) is 9.73. The molecule has 0 aliphatic carbocycles. The minimum atomic E-state index is 0.135. The van der Waals surface area contributed by atoms with E-state index in [0.717, 1.165) is 13.0 Å². The molecule has 0 aromatic carbocycles. The lowest BCUT2D eigenvalue weighted by Gasteiger charge is -2.15. The first kappa shape index (κ1) is 13.4. The summed E-state index contributed by atoms with van der Waals surface area (Å²) < 4.78 is 0. The first-order chi connectivity index (χ1) is 6.74. The van der Waals surface area contributed by atoms with Gasteiger partial charge in [0.15, 0.2) is 0 Å². The highest BCUT2D eigenvalue weighted by Gasteiger charge is 2.03. The molecule has 2 N–H and O–H groups in total. The van der Waals surface area contributed by atoms with Gasteiger partial charge >= 0.3 is 0 Å². The van der Waals surface area contributed by atoms with Crippen LogP contribution in [0.3, 0.4) is 0 Å². The van der Waals surface area contributed by atoms with Gasteiger partial charge in [-0.25, -0.2) is 0 Å². The number of carbonyl (C=O) groups excluding carboxylic acids is 1. The number of amides is 1.